The molecule has 1 aromatic heterocycles. The smallest absolute Gasteiger partial charge is 0.335 e. The number of likely N-dealkylation sites (N-methyl/N-ethyl adjacent to an activating group) is 3. The summed E-state index contributed by atoms with van der Waals surface area (Å²) < 4.78 is 31.9. The summed E-state index contributed by atoms with van der Waals surface area (Å²) in [6, 6.07) is 11.3. The second-order valence-corrected chi connectivity index (χ2v) is 13.9. The molecule has 242 valence electrons. The van der Waals surface area contributed by atoms with Crippen molar-refractivity contribution in [1.29, 1.82) is 0 Å². The van der Waals surface area contributed by atoms with Crippen molar-refractivity contribution in [3.05, 3.63) is 58.7 Å². The number of hydrogen-bond acceptors (Lipinski definition) is 6. The highest BCUT2D eigenvalue weighted by Crippen LogP contribution is 2.47. The van der Waals surface area contributed by atoms with E-state index in [0.717, 1.165) is 57.7 Å². The molecule has 12 heteroatoms. The molecule has 2 aliphatic rings. The zero-order valence-electron chi connectivity index (χ0n) is 26.5. The molecule has 0 bridgehead atoms. The minimum absolute atomic E-state index is 0.137. The number of carboxylic acid groups (broad SMARTS) is 1. The quantitative estimate of drug-likeness (QED) is 0.324. The van der Waals surface area contributed by atoms with Crippen LogP contribution in [0.3, 0.4) is 0 Å². The van der Waals surface area contributed by atoms with Gasteiger partial charge in [-0.15, -0.1) is 0 Å². The summed E-state index contributed by atoms with van der Waals surface area (Å²) >= 11 is 0. The van der Waals surface area contributed by atoms with Gasteiger partial charge in [-0.25, -0.2) is 9.93 Å². The highest BCUT2D eigenvalue weighted by atomic mass is 32.2. The highest BCUT2D eigenvalue weighted by molar-refractivity contribution is 7.86. The Kier molecular flexibility index (Phi) is 9.68. The van der Waals surface area contributed by atoms with Crippen molar-refractivity contribution in [2.45, 2.75) is 44.6 Å². The highest BCUT2D eigenvalue weighted by Gasteiger charge is 2.31. The number of nitrogens with two attached hydrogens (primary N) is 1. The number of benzene rings is 2. The molecule has 0 unspecified atom stereocenters. The molecule has 45 heavy (non-hydrogen) atoms. The molecule has 0 atom stereocenters. The number of fused-ring (bicyclic) bond motifs is 5. The van der Waals surface area contributed by atoms with Crippen LogP contribution in [0, 0.1) is 0 Å². The number of rotatable bonds is 11. The lowest BCUT2D eigenvalue weighted by Gasteiger charge is -2.25. The third-order valence-electron chi connectivity index (χ3n) is 9.21. The van der Waals surface area contributed by atoms with E-state index < -0.39 is 16.2 Å². The van der Waals surface area contributed by atoms with Crippen LogP contribution in [0.5, 0.6) is 5.75 Å². The lowest BCUT2D eigenvalue weighted by atomic mass is 9.81. The molecular formula is C33H43N5O6S. The maximum atomic E-state index is 14.1. The van der Waals surface area contributed by atoms with E-state index >= 15 is 0 Å². The summed E-state index contributed by atoms with van der Waals surface area (Å²) in [4.78, 5) is 29.7. The van der Waals surface area contributed by atoms with Crippen molar-refractivity contribution in [1.82, 2.24) is 18.7 Å². The third-order valence-corrected chi connectivity index (χ3v) is 10.3. The van der Waals surface area contributed by atoms with Crippen LogP contribution < -0.4 is 9.88 Å². The topological polar surface area (TPSA) is 138 Å². The van der Waals surface area contributed by atoms with E-state index in [2.05, 4.69) is 4.57 Å². The maximum absolute atomic E-state index is 14.1. The lowest BCUT2D eigenvalue weighted by molar-refractivity contribution is -0.126. The molecule has 0 spiro atoms. The largest absolute Gasteiger partial charge is 0.497 e. The first-order valence-corrected chi connectivity index (χ1v) is 16.9. The van der Waals surface area contributed by atoms with Gasteiger partial charge in [0.05, 0.1) is 24.9 Å². The molecule has 1 aliphatic heterocycles. The first-order chi connectivity index (χ1) is 21.4. The monoisotopic (exact) mass is 637 g/mol. The number of hydrogen-bond donors (Lipinski definition) is 2. The van der Waals surface area contributed by atoms with Crippen LogP contribution in [-0.4, -0.2) is 98.5 Å². The summed E-state index contributed by atoms with van der Waals surface area (Å²) in [6.07, 6.45) is 7.59. The van der Waals surface area contributed by atoms with Crippen molar-refractivity contribution >= 4 is 39.1 Å². The molecule has 3 aromatic rings. The van der Waals surface area contributed by atoms with E-state index in [4.69, 9.17) is 9.88 Å². The summed E-state index contributed by atoms with van der Waals surface area (Å²) in [5, 5.41) is 16.1. The van der Waals surface area contributed by atoms with Gasteiger partial charge < -0.3 is 24.2 Å². The molecule has 2 heterocycles. The molecule has 0 radical (unpaired) electrons. The number of carbonyl (C=O) groups is 2. The Balaban J connectivity index is 1.53. The van der Waals surface area contributed by atoms with Crippen molar-refractivity contribution in [2.24, 2.45) is 5.14 Å². The average Bonchev–Trinajstić information content (AvgIpc) is 3.24. The number of ether oxygens (including phenoxy) is 1. The Morgan fingerprint density at radius 3 is 2.38 bits per heavy atom. The van der Waals surface area contributed by atoms with Crippen LogP contribution in [0.15, 0.2) is 42.0 Å². The van der Waals surface area contributed by atoms with Gasteiger partial charge >= 0.3 is 5.97 Å². The second-order valence-electron chi connectivity index (χ2n) is 12.2. The Morgan fingerprint density at radius 1 is 1.00 bits per heavy atom. The van der Waals surface area contributed by atoms with Gasteiger partial charge in [0, 0.05) is 62.3 Å². The van der Waals surface area contributed by atoms with Crippen molar-refractivity contribution in [3.8, 4) is 17.0 Å². The Hall–Kier alpha value is -3.71. The first-order valence-electron chi connectivity index (χ1n) is 15.4. The van der Waals surface area contributed by atoms with Gasteiger partial charge in [-0.2, -0.15) is 12.7 Å². The van der Waals surface area contributed by atoms with Gasteiger partial charge in [-0.05, 0) is 73.3 Å². The number of carboxylic acids is 1. The number of aromatic nitrogens is 1. The van der Waals surface area contributed by atoms with E-state index in [1.165, 1.54) is 19.0 Å². The SMILES string of the molecule is COc1ccc2c(c1)C=C(C(=O)N(C)CCN(C)CCN(C)S(N)(=O)=O)Cn1c-2c(C2CCCCC2)c2ccc(C(=O)O)cc21. The molecular weight excluding hydrogens is 594 g/mol. The number of amides is 1. The predicted molar refractivity (Wildman–Crippen MR) is 176 cm³/mol. The molecule has 3 N–H and O–H groups in total. The van der Waals surface area contributed by atoms with E-state index in [1.54, 1.807) is 31.2 Å². The molecule has 11 nitrogen and oxygen atoms in total. The number of nitrogens with zero attached hydrogens (tertiary/aromatic N) is 4. The molecule has 0 saturated heterocycles. The standard InChI is InChI=1S/C33H43N5O6S/c1-35(15-17-37(3)45(34,42)43)14-16-36(2)32(39)25-18-24-19-26(44-4)11-13-27(24)31-30(22-8-6-5-7-9-22)28-12-10-23(33(40)41)20-29(28)38(31)21-25/h10-13,18-20,22H,5-9,14-17,21H2,1-4H3,(H,40,41)(H2,34,42,43). The second kappa shape index (κ2) is 13.3. The van der Waals surface area contributed by atoms with Gasteiger partial charge in [-0.1, -0.05) is 25.3 Å². The van der Waals surface area contributed by atoms with Crippen LogP contribution >= 0.6 is 0 Å². The van der Waals surface area contributed by atoms with E-state index in [9.17, 15) is 23.1 Å². The Morgan fingerprint density at radius 2 is 1.71 bits per heavy atom. The summed E-state index contributed by atoms with van der Waals surface area (Å²) in [5.74, 6) is -0.0985. The van der Waals surface area contributed by atoms with E-state index in [-0.39, 0.29) is 24.6 Å². The van der Waals surface area contributed by atoms with Crippen LogP contribution in [0.4, 0.5) is 0 Å². The Labute approximate surface area is 265 Å². The lowest BCUT2D eigenvalue weighted by Crippen LogP contribution is -2.41. The average molecular weight is 638 g/mol. The minimum atomic E-state index is -3.75. The predicted octanol–water partition coefficient (Wildman–Crippen LogP) is 3.99. The molecule has 1 saturated carbocycles. The van der Waals surface area contributed by atoms with Gasteiger partial charge in [0.15, 0.2) is 0 Å². The summed E-state index contributed by atoms with van der Waals surface area (Å²) in [7, 11) is 2.93. The fraction of sp³-hybridized carbons (Fsp3) is 0.455. The molecule has 1 aliphatic carbocycles. The normalized spacial score (nSPS) is 15.5. The van der Waals surface area contributed by atoms with Crippen LogP contribution in [0.25, 0.3) is 28.2 Å². The van der Waals surface area contributed by atoms with E-state index in [1.807, 2.05) is 42.3 Å². The van der Waals surface area contributed by atoms with Gasteiger partial charge in [0.2, 0.25) is 0 Å². The molecule has 5 rings (SSSR count). The first kappa shape index (κ1) is 32.7. The number of aromatic carboxylic acids is 1. The summed E-state index contributed by atoms with van der Waals surface area (Å²) in [5.41, 5.74) is 5.75. The minimum Gasteiger partial charge on any atom is -0.497 e. The zero-order valence-corrected chi connectivity index (χ0v) is 27.3. The van der Waals surface area contributed by atoms with Crippen LogP contribution in [0.1, 0.15) is 59.5 Å². The molecule has 1 fully saturated rings. The van der Waals surface area contributed by atoms with Gasteiger partial charge in [0.25, 0.3) is 16.1 Å². The van der Waals surface area contributed by atoms with E-state index in [0.29, 0.717) is 36.9 Å². The third kappa shape index (κ3) is 6.94. The number of methoxy groups -OCH3 is 1. The van der Waals surface area contributed by atoms with Gasteiger partial charge in [0.1, 0.15) is 5.75 Å². The van der Waals surface area contributed by atoms with Crippen molar-refractivity contribution < 1.29 is 27.9 Å². The van der Waals surface area contributed by atoms with Crippen LogP contribution in [0.2, 0.25) is 0 Å². The van der Waals surface area contributed by atoms with Crippen LogP contribution in [-0.2, 0) is 21.5 Å². The molecule has 2 aromatic carbocycles. The fourth-order valence-electron chi connectivity index (χ4n) is 6.52. The molecule has 1 amide bonds. The van der Waals surface area contributed by atoms with Gasteiger partial charge in [-0.3, -0.25) is 4.79 Å². The van der Waals surface area contributed by atoms with Crippen molar-refractivity contribution in [2.75, 3.05) is 54.4 Å². The maximum Gasteiger partial charge on any atom is 0.335 e. The Bertz CT molecular complexity index is 1740. The summed E-state index contributed by atoms with van der Waals surface area (Å²) in [6.45, 7) is 1.94. The number of carbonyl (C=O) groups excluding carboxylic acids is 1. The fourth-order valence-corrected chi connectivity index (χ4v) is 6.86. The van der Waals surface area contributed by atoms with Crippen molar-refractivity contribution in [3.63, 3.8) is 0 Å². The zero-order chi connectivity index (χ0) is 32.5.